The van der Waals surface area contributed by atoms with Crippen molar-refractivity contribution < 1.29 is 18.3 Å². The Kier molecular flexibility index (Phi) is 7.48. The van der Waals surface area contributed by atoms with Crippen LogP contribution in [0.4, 0.5) is 20.3 Å². The number of piperazine rings is 1. The van der Waals surface area contributed by atoms with E-state index in [0.29, 0.717) is 68.7 Å². The molecule has 0 radical (unpaired) electrons. The fraction of sp³-hybridized carbons (Fsp3) is 0.667. The Balaban J connectivity index is 1.26. The summed E-state index contributed by atoms with van der Waals surface area (Å²) >= 11 is 0. The summed E-state index contributed by atoms with van der Waals surface area (Å²) in [6.45, 7) is 15.8. The van der Waals surface area contributed by atoms with Gasteiger partial charge in [0.05, 0.1) is 18.9 Å². The Hall–Kier alpha value is -2.40. The number of piperidine rings is 1. The van der Waals surface area contributed by atoms with E-state index < -0.39 is 17.6 Å². The fourth-order valence-electron chi connectivity index (χ4n) is 7.15. The largest absolute Gasteiger partial charge is 0.374 e. The molecule has 5 aliphatic rings. The molecule has 2 N–H and O–H groups in total. The van der Waals surface area contributed by atoms with Crippen molar-refractivity contribution in [2.45, 2.75) is 63.2 Å². The van der Waals surface area contributed by atoms with Crippen LogP contribution in [0.2, 0.25) is 0 Å². The van der Waals surface area contributed by atoms with Crippen LogP contribution in [-0.2, 0) is 15.9 Å². The number of hydrogen-bond acceptors (Lipinski definition) is 8. The highest BCUT2D eigenvalue weighted by atomic mass is 19.3. The van der Waals surface area contributed by atoms with Crippen LogP contribution in [0.5, 0.6) is 0 Å². The lowest BCUT2D eigenvalue weighted by Gasteiger charge is -2.49. The predicted molar refractivity (Wildman–Crippen MR) is 153 cm³/mol. The Morgan fingerprint density at radius 2 is 1.88 bits per heavy atom. The van der Waals surface area contributed by atoms with Gasteiger partial charge in [-0.15, -0.1) is 0 Å². The molecule has 40 heavy (non-hydrogen) atoms. The SMILES string of the molecule is C=C/C(C)=C1\C(=N)C2(COC2)OC12CCN(c1cc(N3CC(N4CCNCC4)C3)c(CCC)c(C(F)F)n1)CC2. The monoisotopic (exact) mass is 556 g/mol. The van der Waals surface area contributed by atoms with Crippen molar-refractivity contribution in [2.24, 2.45) is 0 Å². The van der Waals surface area contributed by atoms with E-state index in [1.807, 2.05) is 19.9 Å². The molecule has 6 heterocycles. The van der Waals surface area contributed by atoms with Crippen LogP contribution in [0.3, 0.4) is 0 Å². The van der Waals surface area contributed by atoms with Crippen LogP contribution in [-0.4, -0.2) is 98.4 Å². The zero-order valence-corrected chi connectivity index (χ0v) is 23.8. The first-order valence-corrected chi connectivity index (χ1v) is 14.8. The molecular formula is C30H42F2N6O2. The normalized spacial score (nSPS) is 26.0. The number of allylic oxidation sites excluding steroid dienone is 2. The molecule has 5 saturated heterocycles. The number of nitrogens with zero attached hydrogens (tertiary/aromatic N) is 4. The molecule has 8 nitrogen and oxygen atoms in total. The van der Waals surface area contributed by atoms with E-state index in [1.54, 1.807) is 6.08 Å². The molecule has 5 aliphatic heterocycles. The van der Waals surface area contributed by atoms with Gasteiger partial charge in [-0.1, -0.05) is 26.0 Å². The summed E-state index contributed by atoms with van der Waals surface area (Å²) in [6.07, 6.45) is 1.88. The quantitative estimate of drug-likeness (QED) is 0.530. The van der Waals surface area contributed by atoms with Gasteiger partial charge < -0.3 is 30.0 Å². The number of aromatic nitrogens is 1. The minimum atomic E-state index is -2.62. The first kappa shape index (κ1) is 27.8. The average Bonchev–Trinajstić information content (AvgIpc) is 3.17. The number of anilines is 2. The maximum atomic E-state index is 14.4. The van der Waals surface area contributed by atoms with Gasteiger partial charge in [-0.2, -0.15) is 0 Å². The molecule has 6 rings (SSSR count). The van der Waals surface area contributed by atoms with E-state index in [9.17, 15) is 8.78 Å². The Labute approximate surface area is 235 Å². The first-order valence-electron chi connectivity index (χ1n) is 14.8. The van der Waals surface area contributed by atoms with Crippen molar-refractivity contribution >= 4 is 17.2 Å². The second-order valence-electron chi connectivity index (χ2n) is 12.0. The van der Waals surface area contributed by atoms with Gasteiger partial charge in [0.15, 0.2) is 5.60 Å². The molecule has 1 aromatic heterocycles. The Bertz CT molecular complexity index is 1180. The van der Waals surface area contributed by atoms with Gasteiger partial charge in [0, 0.05) is 81.3 Å². The summed E-state index contributed by atoms with van der Waals surface area (Å²) in [5.74, 6) is 0.617. The molecule has 10 heteroatoms. The lowest BCUT2D eigenvalue weighted by molar-refractivity contribution is -0.203. The van der Waals surface area contributed by atoms with Crippen LogP contribution in [0.1, 0.15) is 50.8 Å². The number of pyridine rings is 1. The molecule has 1 aromatic rings. The van der Waals surface area contributed by atoms with Gasteiger partial charge in [-0.3, -0.25) is 4.90 Å². The molecule has 218 valence electrons. The number of hydrogen-bond donors (Lipinski definition) is 2. The van der Waals surface area contributed by atoms with Crippen molar-refractivity contribution in [1.29, 1.82) is 5.41 Å². The molecular weight excluding hydrogens is 514 g/mol. The lowest BCUT2D eigenvalue weighted by atomic mass is 9.79. The summed E-state index contributed by atoms with van der Waals surface area (Å²) in [4.78, 5) is 11.5. The summed E-state index contributed by atoms with van der Waals surface area (Å²) in [5, 5.41) is 12.3. The third kappa shape index (κ3) is 4.57. The van der Waals surface area contributed by atoms with Crippen LogP contribution in [0, 0.1) is 5.41 Å². The summed E-state index contributed by atoms with van der Waals surface area (Å²) in [7, 11) is 0. The average molecular weight is 557 g/mol. The maximum absolute atomic E-state index is 14.4. The standard InChI is InChI=1S/C30H42F2N6O2/c1-4-6-22-23(38-16-21(17-38)36-13-9-34-10-14-36)15-24(35-26(22)28(31)32)37-11-7-29(8-12-37)25(20(3)5-2)27(33)30(40-29)18-39-19-30/h5,15,21,28,33-34H,2,4,6-14,16-19H2,1,3H3/b25-20+,33-27?. The van der Waals surface area contributed by atoms with E-state index in [2.05, 4.69) is 31.6 Å². The fourth-order valence-corrected chi connectivity index (χ4v) is 7.15. The zero-order chi connectivity index (χ0) is 28.1. The minimum Gasteiger partial charge on any atom is -0.374 e. The van der Waals surface area contributed by atoms with Crippen LogP contribution >= 0.6 is 0 Å². The third-order valence-electron chi connectivity index (χ3n) is 9.51. The first-order chi connectivity index (χ1) is 19.3. The molecule has 0 aliphatic carbocycles. The van der Waals surface area contributed by atoms with Gasteiger partial charge in [-0.25, -0.2) is 13.8 Å². The van der Waals surface area contributed by atoms with E-state index in [1.165, 1.54) is 0 Å². The van der Waals surface area contributed by atoms with Crippen molar-refractivity contribution in [3.05, 3.63) is 41.1 Å². The van der Waals surface area contributed by atoms with Gasteiger partial charge >= 0.3 is 0 Å². The number of alkyl halides is 2. The van der Waals surface area contributed by atoms with Gasteiger partial charge in [0.2, 0.25) is 0 Å². The van der Waals surface area contributed by atoms with Crippen molar-refractivity contribution in [3.63, 3.8) is 0 Å². The van der Waals surface area contributed by atoms with Crippen molar-refractivity contribution in [2.75, 3.05) is 75.4 Å². The predicted octanol–water partition coefficient (Wildman–Crippen LogP) is 3.73. The van der Waals surface area contributed by atoms with E-state index >= 15 is 0 Å². The van der Waals surface area contributed by atoms with Gasteiger partial charge in [0.25, 0.3) is 6.43 Å². The second kappa shape index (κ2) is 10.8. The van der Waals surface area contributed by atoms with Crippen LogP contribution < -0.4 is 15.1 Å². The zero-order valence-electron chi connectivity index (χ0n) is 23.8. The molecule has 0 atom stereocenters. The van der Waals surface area contributed by atoms with Crippen LogP contribution in [0.15, 0.2) is 29.9 Å². The summed E-state index contributed by atoms with van der Waals surface area (Å²) in [6, 6.07) is 2.52. The lowest BCUT2D eigenvalue weighted by Crippen LogP contribution is -2.63. The minimum absolute atomic E-state index is 0.0761. The number of rotatable bonds is 7. The van der Waals surface area contributed by atoms with E-state index in [-0.39, 0.29) is 5.69 Å². The number of ether oxygens (including phenoxy) is 2. The van der Waals surface area contributed by atoms with E-state index in [0.717, 1.165) is 62.5 Å². The molecule has 0 saturated carbocycles. The second-order valence-corrected chi connectivity index (χ2v) is 12.0. The maximum Gasteiger partial charge on any atom is 0.280 e. The number of nitrogens with one attached hydrogen (secondary N) is 2. The highest BCUT2D eigenvalue weighted by Crippen LogP contribution is 2.50. The Morgan fingerprint density at radius 1 is 1.18 bits per heavy atom. The molecule has 2 spiro atoms. The third-order valence-corrected chi connectivity index (χ3v) is 9.51. The summed E-state index contributed by atoms with van der Waals surface area (Å²) in [5.41, 5.74) is 2.67. The topological polar surface area (TPSA) is 77.0 Å². The molecule has 5 fully saturated rings. The van der Waals surface area contributed by atoms with E-state index in [4.69, 9.17) is 14.9 Å². The van der Waals surface area contributed by atoms with Crippen molar-refractivity contribution in [1.82, 2.24) is 15.2 Å². The smallest absolute Gasteiger partial charge is 0.280 e. The molecule has 0 bridgehead atoms. The van der Waals surface area contributed by atoms with Gasteiger partial charge in [-0.05, 0) is 31.8 Å². The van der Waals surface area contributed by atoms with Crippen molar-refractivity contribution in [3.8, 4) is 0 Å². The summed E-state index contributed by atoms with van der Waals surface area (Å²) < 4.78 is 41.0. The number of halogens is 2. The Morgan fingerprint density at radius 3 is 2.45 bits per heavy atom. The molecule has 0 aromatic carbocycles. The van der Waals surface area contributed by atoms with Gasteiger partial charge in [0.1, 0.15) is 17.1 Å². The highest BCUT2D eigenvalue weighted by molar-refractivity contribution is 6.09. The molecule has 0 amide bonds. The van der Waals surface area contributed by atoms with Crippen LogP contribution in [0.25, 0.3) is 0 Å². The molecule has 0 unspecified atom stereocenters. The highest BCUT2D eigenvalue weighted by Gasteiger charge is 2.61.